The van der Waals surface area contributed by atoms with E-state index >= 15 is 0 Å². The highest BCUT2D eigenvalue weighted by Gasteiger charge is 2.22. The van der Waals surface area contributed by atoms with Crippen LogP contribution in [0.1, 0.15) is 24.0 Å². The Kier molecular flexibility index (Phi) is 4.11. The number of carboxylic acid groups (broad SMARTS) is 1. The van der Waals surface area contributed by atoms with Gasteiger partial charge in [-0.15, -0.1) is 0 Å². The summed E-state index contributed by atoms with van der Waals surface area (Å²) in [5.74, 6) is 0.782. The molecule has 0 aromatic heterocycles. The number of hydrogen-bond donors (Lipinski definition) is 1. The van der Waals surface area contributed by atoms with Gasteiger partial charge in [0.25, 0.3) is 0 Å². The van der Waals surface area contributed by atoms with Crippen LogP contribution >= 0.6 is 15.9 Å². The van der Waals surface area contributed by atoms with Crippen LogP contribution in [0.2, 0.25) is 0 Å². The number of methoxy groups -OCH3 is 1. The molecule has 5 heteroatoms. The van der Waals surface area contributed by atoms with E-state index in [9.17, 15) is 4.79 Å². The molecule has 0 amide bonds. The molecule has 0 atom stereocenters. The number of carboxylic acids is 1. The SMILES string of the molecule is COc1cc(CCCC(=O)O)c(Br)c2c1OCC2. The molecule has 1 aliphatic heterocycles. The Labute approximate surface area is 114 Å². The number of carbonyl (C=O) groups is 1. The maximum absolute atomic E-state index is 10.5. The lowest BCUT2D eigenvalue weighted by molar-refractivity contribution is -0.137. The molecule has 0 fully saturated rings. The number of rotatable bonds is 5. The number of halogens is 1. The molecule has 0 saturated carbocycles. The van der Waals surface area contributed by atoms with Crippen molar-refractivity contribution in [1.29, 1.82) is 0 Å². The van der Waals surface area contributed by atoms with E-state index in [0.717, 1.165) is 39.9 Å². The van der Waals surface area contributed by atoms with Crippen molar-refractivity contribution in [2.24, 2.45) is 0 Å². The molecular formula is C13H15BrO4. The lowest BCUT2D eigenvalue weighted by Crippen LogP contribution is -1.98. The monoisotopic (exact) mass is 314 g/mol. The lowest BCUT2D eigenvalue weighted by atomic mass is 10.0. The summed E-state index contributed by atoms with van der Waals surface area (Å²) >= 11 is 3.58. The van der Waals surface area contributed by atoms with E-state index in [1.165, 1.54) is 0 Å². The van der Waals surface area contributed by atoms with Crippen LogP contribution in [-0.2, 0) is 17.6 Å². The molecule has 1 aromatic rings. The van der Waals surface area contributed by atoms with E-state index in [1.54, 1.807) is 7.11 Å². The molecule has 98 valence electrons. The molecule has 0 unspecified atom stereocenters. The Morgan fingerprint density at radius 2 is 2.39 bits per heavy atom. The van der Waals surface area contributed by atoms with Crippen molar-refractivity contribution in [2.45, 2.75) is 25.7 Å². The molecule has 1 aliphatic rings. The first-order chi connectivity index (χ1) is 8.63. The van der Waals surface area contributed by atoms with Crippen molar-refractivity contribution >= 4 is 21.9 Å². The van der Waals surface area contributed by atoms with E-state index < -0.39 is 5.97 Å². The van der Waals surface area contributed by atoms with Gasteiger partial charge in [-0.2, -0.15) is 0 Å². The molecular weight excluding hydrogens is 300 g/mol. The predicted octanol–water partition coefficient (Wildman–Crippen LogP) is 2.80. The largest absolute Gasteiger partial charge is 0.493 e. The second-order valence-electron chi connectivity index (χ2n) is 4.21. The third-order valence-corrected chi connectivity index (χ3v) is 3.99. The molecule has 1 heterocycles. The van der Waals surface area contributed by atoms with Gasteiger partial charge in [0.2, 0.25) is 0 Å². The molecule has 2 rings (SSSR count). The molecule has 1 N–H and O–H groups in total. The second kappa shape index (κ2) is 5.61. The zero-order valence-electron chi connectivity index (χ0n) is 10.2. The third-order valence-electron chi connectivity index (χ3n) is 3.01. The third kappa shape index (κ3) is 2.61. The summed E-state index contributed by atoms with van der Waals surface area (Å²) in [6.45, 7) is 0.670. The minimum absolute atomic E-state index is 0.183. The Bertz CT molecular complexity index is 471. The average Bonchev–Trinajstić information content (AvgIpc) is 2.81. The van der Waals surface area contributed by atoms with Crippen molar-refractivity contribution < 1.29 is 19.4 Å². The van der Waals surface area contributed by atoms with Crippen LogP contribution in [0.15, 0.2) is 10.5 Å². The van der Waals surface area contributed by atoms with Gasteiger partial charge in [-0.25, -0.2) is 0 Å². The predicted molar refractivity (Wildman–Crippen MR) is 70.5 cm³/mol. The zero-order chi connectivity index (χ0) is 13.1. The van der Waals surface area contributed by atoms with Gasteiger partial charge in [-0.1, -0.05) is 15.9 Å². The molecule has 0 spiro atoms. The van der Waals surface area contributed by atoms with E-state index in [2.05, 4.69) is 15.9 Å². The number of aryl methyl sites for hydroxylation is 1. The fraction of sp³-hybridized carbons (Fsp3) is 0.462. The maximum atomic E-state index is 10.5. The van der Waals surface area contributed by atoms with Crippen LogP contribution < -0.4 is 9.47 Å². The molecule has 1 aromatic carbocycles. The quantitative estimate of drug-likeness (QED) is 0.908. The minimum atomic E-state index is -0.761. The first-order valence-electron chi connectivity index (χ1n) is 5.86. The standard InChI is InChI=1S/C13H15BrO4/c1-17-10-7-8(3-2-4-11(15)16)12(14)9-5-6-18-13(9)10/h7H,2-6H2,1H3,(H,15,16). The average molecular weight is 315 g/mol. The fourth-order valence-electron chi connectivity index (χ4n) is 2.13. The van der Waals surface area contributed by atoms with Gasteiger partial charge in [-0.05, 0) is 24.5 Å². The Balaban J connectivity index is 2.22. The van der Waals surface area contributed by atoms with Crippen molar-refractivity contribution in [3.8, 4) is 11.5 Å². The molecule has 4 nitrogen and oxygen atoms in total. The molecule has 0 radical (unpaired) electrons. The summed E-state index contributed by atoms with van der Waals surface area (Å²) in [7, 11) is 1.62. The smallest absolute Gasteiger partial charge is 0.303 e. The van der Waals surface area contributed by atoms with Crippen LogP contribution in [0.25, 0.3) is 0 Å². The van der Waals surface area contributed by atoms with Gasteiger partial charge in [0.15, 0.2) is 11.5 Å². The fourth-order valence-corrected chi connectivity index (χ4v) is 2.82. The summed E-state index contributed by atoms with van der Waals surface area (Å²) in [5, 5.41) is 8.66. The second-order valence-corrected chi connectivity index (χ2v) is 5.00. The first kappa shape index (κ1) is 13.2. The Morgan fingerprint density at radius 3 is 3.06 bits per heavy atom. The number of hydrogen-bond acceptors (Lipinski definition) is 3. The lowest BCUT2D eigenvalue weighted by Gasteiger charge is -2.12. The highest BCUT2D eigenvalue weighted by Crippen LogP contribution is 2.42. The highest BCUT2D eigenvalue weighted by molar-refractivity contribution is 9.10. The summed E-state index contributed by atoms with van der Waals surface area (Å²) in [4.78, 5) is 10.5. The summed E-state index contributed by atoms with van der Waals surface area (Å²) in [6.07, 6.45) is 2.38. The number of fused-ring (bicyclic) bond motifs is 1. The number of benzene rings is 1. The normalized spacial score (nSPS) is 13.0. The number of ether oxygens (including phenoxy) is 2. The van der Waals surface area contributed by atoms with Gasteiger partial charge in [0, 0.05) is 22.9 Å². The summed E-state index contributed by atoms with van der Waals surface area (Å²) < 4.78 is 11.9. The van der Waals surface area contributed by atoms with Gasteiger partial charge in [0.05, 0.1) is 13.7 Å². The van der Waals surface area contributed by atoms with E-state index in [0.29, 0.717) is 13.0 Å². The molecule has 0 aliphatic carbocycles. The topological polar surface area (TPSA) is 55.8 Å². The van der Waals surface area contributed by atoms with Crippen molar-refractivity contribution in [1.82, 2.24) is 0 Å². The van der Waals surface area contributed by atoms with Crippen LogP contribution in [-0.4, -0.2) is 24.8 Å². The van der Waals surface area contributed by atoms with Gasteiger partial charge >= 0.3 is 5.97 Å². The van der Waals surface area contributed by atoms with Crippen LogP contribution in [0.4, 0.5) is 0 Å². The maximum Gasteiger partial charge on any atom is 0.303 e. The highest BCUT2D eigenvalue weighted by atomic mass is 79.9. The number of aliphatic carboxylic acids is 1. The zero-order valence-corrected chi connectivity index (χ0v) is 11.7. The van der Waals surface area contributed by atoms with Gasteiger partial charge < -0.3 is 14.6 Å². The van der Waals surface area contributed by atoms with Crippen molar-refractivity contribution in [2.75, 3.05) is 13.7 Å². The Hall–Kier alpha value is -1.23. The van der Waals surface area contributed by atoms with Gasteiger partial charge in [0.1, 0.15) is 0 Å². The van der Waals surface area contributed by atoms with Crippen LogP contribution in [0, 0.1) is 0 Å². The van der Waals surface area contributed by atoms with Gasteiger partial charge in [-0.3, -0.25) is 4.79 Å². The summed E-state index contributed by atoms with van der Waals surface area (Å²) in [6, 6.07) is 1.93. The van der Waals surface area contributed by atoms with Crippen LogP contribution in [0.3, 0.4) is 0 Å². The molecule has 0 bridgehead atoms. The summed E-state index contributed by atoms with van der Waals surface area (Å²) in [5.41, 5.74) is 2.21. The van der Waals surface area contributed by atoms with E-state index in [1.807, 2.05) is 6.07 Å². The molecule has 0 saturated heterocycles. The van der Waals surface area contributed by atoms with Crippen molar-refractivity contribution in [3.05, 3.63) is 21.7 Å². The van der Waals surface area contributed by atoms with Crippen LogP contribution in [0.5, 0.6) is 11.5 Å². The first-order valence-corrected chi connectivity index (χ1v) is 6.65. The Morgan fingerprint density at radius 1 is 1.61 bits per heavy atom. The van der Waals surface area contributed by atoms with E-state index in [4.69, 9.17) is 14.6 Å². The molecule has 18 heavy (non-hydrogen) atoms. The minimum Gasteiger partial charge on any atom is -0.493 e. The van der Waals surface area contributed by atoms with E-state index in [-0.39, 0.29) is 6.42 Å². The van der Waals surface area contributed by atoms with Crippen molar-refractivity contribution in [3.63, 3.8) is 0 Å².